The van der Waals surface area contributed by atoms with E-state index >= 15 is 0 Å². The minimum atomic E-state index is 0.781. The zero-order valence-electron chi connectivity index (χ0n) is 12.5. The highest BCUT2D eigenvalue weighted by Gasteiger charge is 2.22. The van der Waals surface area contributed by atoms with Crippen molar-refractivity contribution >= 4 is 11.0 Å². The number of hydrogen-bond donors (Lipinski definition) is 1. The van der Waals surface area contributed by atoms with Crippen LogP contribution in [0.5, 0.6) is 5.75 Å². The predicted octanol–water partition coefficient (Wildman–Crippen LogP) is 3.05. The van der Waals surface area contributed by atoms with Gasteiger partial charge in [0, 0.05) is 19.2 Å². The van der Waals surface area contributed by atoms with Gasteiger partial charge in [-0.25, -0.2) is 4.98 Å². The van der Waals surface area contributed by atoms with Crippen LogP contribution in [0.3, 0.4) is 0 Å². The average molecular weight is 273 g/mol. The number of nitrogens with one attached hydrogen (secondary N) is 1. The summed E-state index contributed by atoms with van der Waals surface area (Å²) in [4.78, 5) is 10.6. The van der Waals surface area contributed by atoms with E-state index in [2.05, 4.69) is 28.7 Å². The molecule has 1 fully saturated rings. The van der Waals surface area contributed by atoms with Gasteiger partial charge in [-0.15, -0.1) is 0 Å². The van der Waals surface area contributed by atoms with Crippen LogP contribution in [0.15, 0.2) is 18.2 Å². The van der Waals surface area contributed by atoms with Gasteiger partial charge in [0.25, 0.3) is 0 Å². The van der Waals surface area contributed by atoms with Crippen LogP contribution in [-0.4, -0.2) is 35.1 Å². The Labute approximate surface area is 120 Å². The molecule has 3 rings (SSSR count). The van der Waals surface area contributed by atoms with E-state index in [0.717, 1.165) is 41.0 Å². The maximum atomic E-state index is 5.25. The summed E-state index contributed by atoms with van der Waals surface area (Å²) in [6.07, 6.45) is 1.34. The number of piperidine rings is 1. The number of ether oxygens (including phenoxy) is 1. The third-order valence-electron chi connectivity index (χ3n) is 4.06. The molecule has 1 aromatic heterocycles. The molecule has 0 spiro atoms. The first-order chi connectivity index (χ1) is 9.64. The van der Waals surface area contributed by atoms with E-state index in [1.807, 2.05) is 18.2 Å². The van der Waals surface area contributed by atoms with Crippen molar-refractivity contribution in [3.05, 3.63) is 24.0 Å². The van der Waals surface area contributed by atoms with E-state index in [0.29, 0.717) is 0 Å². The van der Waals surface area contributed by atoms with E-state index in [-0.39, 0.29) is 0 Å². The molecule has 1 aromatic carbocycles. The molecular formula is C16H23N3O. The summed E-state index contributed by atoms with van der Waals surface area (Å²) < 4.78 is 5.25. The van der Waals surface area contributed by atoms with Crippen LogP contribution in [0, 0.1) is 11.8 Å². The summed E-state index contributed by atoms with van der Waals surface area (Å²) in [5.74, 6) is 3.48. The first-order valence-corrected chi connectivity index (χ1v) is 7.39. The number of aromatic amines is 1. The second kappa shape index (κ2) is 5.44. The molecule has 4 heteroatoms. The van der Waals surface area contributed by atoms with Crippen molar-refractivity contribution in [2.24, 2.45) is 11.8 Å². The molecule has 1 aliphatic rings. The number of methoxy groups -OCH3 is 1. The van der Waals surface area contributed by atoms with Crippen molar-refractivity contribution in [1.82, 2.24) is 14.9 Å². The Morgan fingerprint density at radius 2 is 2.05 bits per heavy atom. The standard InChI is InChI=1S/C16H23N3O/c1-11-6-12(2)9-19(8-11)10-16-17-14-5-4-13(20-3)7-15(14)18-16/h4-5,7,11-12H,6,8-10H2,1-3H3,(H,17,18). The summed E-state index contributed by atoms with van der Waals surface area (Å²) in [7, 11) is 1.69. The zero-order valence-corrected chi connectivity index (χ0v) is 12.5. The number of fused-ring (bicyclic) bond motifs is 1. The lowest BCUT2D eigenvalue weighted by Gasteiger charge is -2.34. The van der Waals surface area contributed by atoms with Crippen LogP contribution in [-0.2, 0) is 6.54 Å². The van der Waals surface area contributed by atoms with Gasteiger partial charge in [0.15, 0.2) is 0 Å². The van der Waals surface area contributed by atoms with Crippen molar-refractivity contribution in [3.8, 4) is 5.75 Å². The largest absolute Gasteiger partial charge is 0.497 e. The lowest BCUT2D eigenvalue weighted by molar-refractivity contribution is 0.132. The Bertz CT molecular complexity index is 582. The molecule has 0 radical (unpaired) electrons. The van der Waals surface area contributed by atoms with Gasteiger partial charge in [0.05, 0.1) is 24.7 Å². The Hall–Kier alpha value is -1.55. The molecule has 2 atom stereocenters. The Kier molecular flexibility index (Phi) is 3.66. The Morgan fingerprint density at radius 1 is 1.30 bits per heavy atom. The summed E-state index contributed by atoms with van der Waals surface area (Å²) >= 11 is 0. The summed E-state index contributed by atoms with van der Waals surface area (Å²) in [5.41, 5.74) is 2.07. The molecule has 108 valence electrons. The third-order valence-corrected chi connectivity index (χ3v) is 4.06. The molecule has 0 aliphatic carbocycles. The van der Waals surface area contributed by atoms with E-state index in [9.17, 15) is 0 Å². The highest BCUT2D eigenvalue weighted by atomic mass is 16.5. The van der Waals surface area contributed by atoms with Crippen LogP contribution >= 0.6 is 0 Å². The number of aromatic nitrogens is 2. The fourth-order valence-corrected chi connectivity index (χ4v) is 3.38. The van der Waals surface area contributed by atoms with E-state index in [4.69, 9.17) is 4.74 Å². The summed E-state index contributed by atoms with van der Waals surface area (Å²) in [5, 5.41) is 0. The fraction of sp³-hybridized carbons (Fsp3) is 0.562. The lowest BCUT2D eigenvalue weighted by Crippen LogP contribution is -2.38. The number of H-pyrrole nitrogens is 1. The SMILES string of the molecule is COc1ccc2nc(CN3CC(C)CC(C)C3)[nH]c2c1. The van der Waals surface area contributed by atoms with Crippen LogP contribution < -0.4 is 4.74 Å². The third kappa shape index (κ3) is 2.80. The molecule has 1 aliphatic heterocycles. The lowest BCUT2D eigenvalue weighted by atomic mass is 9.92. The Balaban J connectivity index is 1.77. The van der Waals surface area contributed by atoms with Gasteiger partial charge in [0.1, 0.15) is 11.6 Å². The van der Waals surface area contributed by atoms with Gasteiger partial charge in [0.2, 0.25) is 0 Å². The smallest absolute Gasteiger partial charge is 0.121 e. The van der Waals surface area contributed by atoms with Crippen LogP contribution in [0.2, 0.25) is 0 Å². The predicted molar refractivity (Wildman–Crippen MR) is 80.9 cm³/mol. The average Bonchev–Trinajstić information content (AvgIpc) is 2.78. The molecule has 4 nitrogen and oxygen atoms in total. The maximum Gasteiger partial charge on any atom is 0.121 e. The molecule has 0 amide bonds. The molecule has 2 unspecified atom stereocenters. The highest BCUT2D eigenvalue weighted by Crippen LogP contribution is 2.23. The topological polar surface area (TPSA) is 41.1 Å². The summed E-state index contributed by atoms with van der Waals surface area (Å²) in [6, 6.07) is 5.97. The molecule has 20 heavy (non-hydrogen) atoms. The van der Waals surface area contributed by atoms with E-state index < -0.39 is 0 Å². The molecular weight excluding hydrogens is 250 g/mol. The molecule has 2 aromatic rings. The normalized spacial score (nSPS) is 24.1. The van der Waals surface area contributed by atoms with Crippen molar-refractivity contribution in [1.29, 1.82) is 0 Å². The second-order valence-electron chi connectivity index (χ2n) is 6.21. The van der Waals surface area contributed by atoms with Gasteiger partial charge in [-0.2, -0.15) is 0 Å². The number of hydrogen-bond acceptors (Lipinski definition) is 3. The first-order valence-electron chi connectivity index (χ1n) is 7.39. The van der Waals surface area contributed by atoms with Gasteiger partial charge in [-0.1, -0.05) is 13.8 Å². The quantitative estimate of drug-likeness (QED) is 0.934. The Morgan fingerprint density at radius 3 is 2.75 bits per heavy atom. The van der Waals surface area contributed by atoms with Crippen LogP contribution in [0.4, 0.5) is 0 Å². The van der Waals surface area contributed by atoms with Crippen LogP contribution in [0.25, 0.3) is 11.0 Å². The molecule has 2 heterocycles. The highest BCUT2D eigenvalue weighted by molar-refractivity contribution is 5.76. The van der Waals surface area contributed by atoms with Gasteiger partial charge < -0.3 is 9.72 Å². The maximum absolute atomic E-state index is 5.25. The van der Waals surface area contributed by atoms with Gasteiger partial charge >= 0.3 is 0 Å². The van der Waals surface area contributed by atoms with Crippen molar-refractivity contribution in [2.45, 2.75) is 26.8 Å². The van der Waals surface area contributed by atoms with Gasteiger partial charge in [-0.3, -0.25) is 4.90 Å². The molecule has 0 bridgehead atoms. The first kappa shape index (κ1) is 13.4. The minimum absolute atomic E-state index is 0.781. The second-order valence-corrected chi connectivity index (χ2v) is 6.21. The zero-order chi connectivity index (χ0) is 14.1. The monoisotopic (exact) mass is 273 g/mol. The van der Waals surface area contributed by atoms with Crippen LogP contribution in [0.1, 0.15) is 26.1 Å². The number of likely N-dealkylation sites (tertiary alicyclic amines) is 1. The fourth-order valence-electron chi connectivity index (χ4n) is 3.38. The number of rotatable bonds is 3. The molecule has 1 N–H and O–H groups in total. The molecule has 0 saturated carbocycles. The number of imidazole rings is 1. The number of nitrogens with zero attached hydrogens (tertiary/aromatic N) is 2. The summed E-state index contributed by atoms with van der Waals surface area (Å²) in [6.45, 7) is 7.93. The van der Waals surface area contributed by atoms with Gasteiger partial charge in [-0.05, 0) is 30.4 Å². The van der Waals surface area contributed by atoms with Crippen molar-refractivity contribution in [2.75, 3.05) is 20.2 Å². The van der Waals surface area contributed by atoms with E-state index in [1.165, 1.54) is 19.5 Å². The van der Waals surface area contributed by atoms with E-state index in [1.54, 1.807) is 7.11 Å². The van der Waals surface area contributed by atoms with Crippen molar-refractivity contribution in [3.63, 3.8) is 0 Å². The minimum Gasteiger partial charge on any atom is -0.497 e. The molecule has 1 saturated heterocycles. The number of benzene rings is 1. The van der Waals surface area contributed by atoms with Crippen molar-refractivity contribution < 1.29 is 4.74 Å².